The van der Waals surface area contributed by atoms with Crippen molar-refractivity contribution in [2.75, 3.05) is 66.3 Å². The van der Waals surface area contributed by atoms with Gasteiger partial charge in [0.25, 0.3) is 0 Å². The van der Waals surface area contributed by atoms with Crippen molar-refractivity contribution in [2.24, 2.45) is 16.8 Å². The zero-order valence-corrected chi connectivity index (χ0v) is 34.2. The number of rotatable bonds is 16. The molecule has 0 radical (unpaired) electrons. The summed E-state index contributed by atoms with van der Waals surface area (Å²) < 4.78 is 30.1. The fourth-order valence-electron chi connectivity index (χ4n) is 9.46. The summed E-state index contributed by atoms with van der Waals surface area (Å²) in [7, 11) is 1.69. The predicted molar refractivity (Wildman–Crippen MR) is 215 cm³/mol. The number of hydrogen-bond acceptors (Lipinski definition) is 14. The number of methoxy groups -OCH3 is 1. The maximum atomic E-state index is 14.0. The molecule has 14 nitrogen and oxygen atoms in total. The molecule has 59 heavy (non-hydrogen) atoms. The summed E-state index contributed by atoms with van der Waals surface area (Å²) in [4.78, 5) is 47.9. The number of Topliss-reactive ketones (excluding diaryl/α,β-unsaturated/α-hetero) is 1. The second-order valence-corrected chi connectivity index (χ2v) is 16.2. The monoisotopic (exact) mass is 816 g/mol. The second-order valence-electron chi connectivity index (χ2n) is 16.2. The highest BCUT2D eigenvalue weighted by molar-refractivity contribution is 6.11. The Hall–Kier alpha value is -4.44. The first-order chi connectivity index (χ1) is 28.6. The predicted octanol–water partition coefficient (Wildman–Crippen LogP) is 2.07. The summed E-state index contributed by atoms with van der Waals surface area (Å²) in [5.41, 5.74) is 1.23. The van der Waals surface area contributed by atoms with Crippen LogP contribution in [0, 0.1) is 11.8 Å². The number of piperidine rings is 1. The first kappa shape index (κ1) is 42.7. The van der Waals surface area contributed by atoms with Crippen molar-refractivity contribution in [3.63, 3.8) is 0 Å². The Balaban J connectivity index is 1.37. The van der Waals surface area contributed by atoms with Crippen molar-refractivity contribution < 1.29 is 58.5 Å². The van der Waals surface area contributed by atoms with E-state index in [4.69, 9.17) is 23.7 Å². The number of esters is 1. The van der Waals surface area contributed by atoms with E-state index in [1.54, 1.807) is 21.0 Å². The van der Waals surface area contributed by atoms with Crippen LogP contribution in [-0.2, 0) is 36.9 Å². The van der Waals surface area contributed by atoms with Gasteiger partial charge < -0.3 is 49.0 Å². The molecule has 1 saturated heterocycles. The van der Waals surface area contributed by atoms with Crippen molar-refractivity contribution in [1.82, 2.24) is 4.90 Å². The van der Waals surface area contributed by atoms with Crippen LogP contribution in [0.15, 0.2) is 40.1 Å². The Morgan fingerprint density at radius 1 is 1.08 bits per heavy atom. The van der Waals surface area contributed by atoms with Crippen LogP contribution in [0.25, 0.3) is 11.6 Å². The lowest BCUT2D eigenvalue weighted by atomic mass is 9.71. The molecule has 0 spiro atoms. The standard InChI is InChI=1S/C45H56N2O12/c1-4-56-44(53)43-33(24-50)37(28-20-29(23-49)39(52)31(21-28)26-7-8-35-27(19-26)9-12-46-35)38-41(57-18-6-16-48)32-22-36(58-40(32)34(25-51)42(38)59-43)45(2,54)30-10-14-47(15-11-30)13-5-17-55-3/h7-9,19,24,29-31,36,48-49,51,54H,4-6,10-18,20-23,25H2,1-3H3/b37-28-/t29-,31-,36+,45-/m1/s1. The highest BCUT2D eigenvalue weighted by Crippen LogP contribution is 2.57. The Labute approximate surface area is 343 Å². The number of aliphatic hydroxyl groups is 4. The number of ketones is 1. The quantitative estimate of drug-likeness (QED) is 0.109. The van der Waals surface area contributed by atoms with Gasteiger partial charge in [-0.05, 0) is 87.9 Å². The summed E-state index contributed by atoms with van der Waals surface area (Å²) >= 11 is 0. The third kappa shape index (κ3) is 8.23. The van der Waals surface area contributed by atoms with Crippen LogP contribution in [0.1, 0.15) is 80.5 Å². The normalized spacial score (nSPS) is 23.9. The van der Waals surface area contributed by atoms with E-state index in [1.807, 2.05) is 24.3 Å². The summed E-state index contributed by atoms with van der Waals surface area (Å²) in [5, 5.41) is 45.6. The molecule has 0 bridgehead atoms. The van der Waals surface area contributed by atoms with Gasteiger partial charge in [0.05, 0.1) is 55.0 Å². The average Bonchev–Trinajstić information content (AvgIpc) is 3.92. The molecular formula is C45H56N2O12. The minimum Gasteiger partial charge on any atom is -0.492 e. The molecule has 4 heterocycles. The maximum absolute atomic E-state index is 14.0. The molecule has 0 amide bonds. The van der Waals surface area contributed by atoms with Gasteiger partial charge in [-0.3, -0.25) is 14.6 Å². The van der Waals surface area contributed by atoms with Crippen LogP contribution in [0.4, 0.5) is 0 Å². The molecule has 4 aliphatic heterocycles. The lowest BCUT2D eigenvalue weighted by Gasteiger charge is -2.42. The number of hydrogen-bond donors (Lipinski definition) is 4. The molecule has 0 unspecified atom stereocenters. The molecule has 318 valence electrons. The molecule has 2 aromatic rings. The topological polar surface area (TPSA) is 194 Å². The molecule has 4 atom stereocenters. The number of ether oxygens (including phenoxy) is 5. The minimum absolute atomic E-state index is 0.0140. The lowest BCUT2D eigenvalue weighted by Crippen LogP contribution is -2.52. The third-order valence-corrected chi connectivity index (χ3v) is 12.6. The van der Waals surface area contributed by atoms with Crippen LogP contribution >= 0.6 is 0 Å². The van der Waals surface area contributed by atoms with Crippen molar-refractivity contribution in [3.05, 3.63) is 67.9 Å². The fourth-order valence-corrected chi connectivity index (χ4v) is 9.46. The highest BCUT2D eigenvalue weighted by Gasteiger charge is 2.49. The number of allylic oxidation sites excluding steroid dienone is 3. The molecule has 5 aliphatic rings. The lowest BCUT2D eigenvalue weighted by molar-refractivity contribution is -0.141. The third-order valence-electron chi connectivity index (χ3n) is 12.6. The number of aliphatic hydroxyl groups excluding tert-OH is 3. The van der Waals surface area contributed by atoms with Crippen molar-refractivity contribution in [2.45, 2.75) is 83.0 Å². The molecular weight excluding hydrogens is 760 g/mol. The Morgan fingerprint density at radius 3 is 2.58 bits per heavy atom. The van der Waals surface area contributed by atoms with E-state index in [2.05, 4.69) is 9.89 Å². The Kier molecular flexibility index (Phi) is 13.3. The van der Waals surface area contributed by atoms with Crippen LogP contribution in [0.3, 0.4) is 0 Å². The average molecular weight is 817 g/mol. The SMILES string of the molecule is CCOC(=O)C1=C(C=O)/C(=C2\C[C@H](CO)C(=O)[C@@H](c3ccc4c(c3)=CCN=4)C2)c2c(OCCCO)c3c(c(CO)c2O1)O[C@H]([C@](C)(O)C1CCN(CCCOC)CC1)C3. The van der Waals surface area contributed by atoms with E-state index in [9.17, 15) is 34.8 Å². The number of benzene rings is 2. The Bertz CT molecular complexity index is 2130. The molecule has 4 N–H and O–H groups in total. The van der Waals surface area contributed by atoms with E-state index < -0.39 is 48.5 Å². The van der Waals surface area contributed by atoms with Crippen LogP contribution < -0.4 is 24.8 Å². The summed E-state index contributed by atoms with van der Waals surface area (Å²) in [5.74, 6) is -2.54. The van der Waals surface area contributed by atoms with Gasteiger partial charge in [0.1, 0.15) is 34.7 Å². The minimum atomic E-state index is -1.30. The maximum Gasteiger partial charge on any atom is 0.375 e. The van der Waals surface area contributed by atoms with E-state index in [-0.39, 0.29) is 96.7 Å². The van der Waals surface area contributed by atoms with Gasteiger partial charge in [-0.2, -0.15) is 0 Å². The van der Waals surface area contributed by atoms with Gasteiger partial charge in [0, 0.05) is 62.7 Å². The fraction of sp³-hybridized carbons (Fsp3) is 0.556. The van der Waals surface area contributed by atoms with Gasteiger partial charge in [0.2, 0.25) is 5.76 Å². The van der Waals surface area contributed by atoms with E-state index in [1.165, 1.54) is 0 Å². The molecule has 7 rings (SSSR count). The largest absolute Gasteiger partial charge is 0.492 e. The zero-order valence-electron chi connectivity index (χ0n) is 34.2. The molecule has 1 saturated carbocycles. The number of likely N-dealkylation sites (tertiary alicyclic amines) is 1. The number of carbonyl (C=O) groups is 3. The molecule has 14 heteroatoms. The van der Waals surface area contributed by atoms with Gasteiger partial charge in [-0.15, -0.1) is 0 Å². The van der Waals surface area contributed by atoms with Gasteiger partial charge in [0.15, 0.2) is 6.29 Å². The molecule has 2 aromatic carbocycles. The Morgan fingerprint density at radius 2 is 1.88 bits per heavy atom. The van der Waals surface area contributed by atoms with Gasteiger partial charge >= 0.3 is 5.97 Å². The van der Waals surface area contributed by atoms with E-state index in [0.29, 0.717) is 30.6 Å². The van der Waals surface area contributed by atoms with Crippen LogP contribution in [0.5, 0.6) is 17.2 Å². The number of aldehydes is 1. The van der Waals surface area contributed by atoms with Crippen molar-refractivity contribution in [3.8, 4) is 17.2 Å². The molecule has 0 aromatic heterocycles. The zero-order chi connectivity index (χ0) is 41.8. The van der Waals surface area contributed by atoms with Gasteiger partial charge in [-0.1, -0.05) is 17.7 Å². The first-order valence-electron chi connectivity index (χ1n) is 20.8. The van der Waals surface area contributed by atoms with E-state index in [0.717, 1.165) is 55.0 Å². The summed E-state index contributed by atoms with van der Waals surface area (Å²) in [6.07, 6.45) is 4.84. The number of fused-ring (bicyclic) bond motifs is 3. The van der Waals surface area contributed by atoms with Crippen molar-refractivity contribution >= 4 is 29.7 Å². The first-order valence-corrected chi connectivity index (χ1v) is 20.8. The summed E-state index contributed by atoms with van der Waals surface area (Å²) in [6, 6.07) is 5.67. The number of carbonyl (C=O) groups excluding carboxylic acids is 3. The van der Waals surface area contributed by atoms with Crippen molar-refractivity contribution in [1.29, 1.82) is 0 Å². The van der Waals surface area contributed by atoms with Crippen LogP contribution in [-0.4, -0.2) is 121 Å². The van der Waals surface area contributed by atoms with Crippen LogP contribution in [0.2, 0.25) is 0 Å². The molecule has 2 fully saturated rings. The molecule has 1 aliphatic carbocycles. The highest BCUT2D eigenvalue weighted by atomic mass is 16.6. The van der Waals surface area contributed by atoms with E-state index >= 15 is 0 Å². The number of nitrogens with zero attached hydrogens (tertiary/aromatic N) is 2. The summed E-state index contributed by atoms with van der Waals surface area (Å²) in [6.45, 7) is 6.01. The smallest absolute Gasteiger partial charge is 0.375 e. The second kappa shape index (κ2) is 18.4. The van der Waals surface area contributed by atoms with Gasteiger partial charge in [-0.25, -0.2) is 4.79 Å².